The summed E-state index contributed by atoms with van der Waals surface area (Å²) in [6.07, 6.45) is 3.14. The molecule has 0 radical (unpaired) electrons. The molecule has 0 aromatic heterocycles. The molecule has 0 saturated heterocycles. The summed E-state index contributed by atoms with van der Waals surface area (Å²) in [5.41, 5.74) is -0.747. The first-order valence-electron chi connectivity index (χ1n) is 8.58. The SMILES string of the molecule is CCO[Si](CCCCCCCc1c(F)c(F)c(F)c(F)c1F)(OC)OC. The molecule has 0 heterocycles. The number of rotatable bonds is 12. The van der Waals surface area contributed by atoms with Gasteiger partial charge in [0.1, 0.15) is 0 Å². The van der Waals surface area contributed by atoms with E-state index in [9.17, 15) is 22.0 Å². The van der Waals surface area contributed by atoms with Gasteiger partial charge in [0.2, 0.25) is 5.82 Å². The molecule has 3 nitrogen and oxygen atoms in total. The molecular weight excluding hydrogens is 375 g/mol. The number of unbranched alkanes of at least 4 members (excludes halogenated alkanes) is 4. The van der Waals surface area contributed by atoms with Gasteiger partial charge >= 0.3 is 8.80 Å². The van der Waals surface area contributed by atoms with Gasteiger partial charge in [-0.3, -0.25) is 0 Å². The lowest BCUT2D eigenvalue weighted by molar-refractivity contribution is 0.103. The molecule has 0 fully saturated rings. The fourth-order valence-corrected chi connectivity index (χ4v) is 4.82. The molecule has 0 saturated carbocycles. The van der Waals surface area contributed by atoms with E-state index in [1.54, 1.807) is 14.2 Å². The maximum Gasteiger partial charge on any atom is 0.500 e. The predicted molar refractivity (Wildman–Crippen MR) is 89.2 cm³/mol. The molecule has 9 heteroatoms. The van der Waals surface area contributed by atoms with Gasteiger partial charge in [-0.1, -0.05) is 19.3 Å². The second-order valence-corrected chi connectivity index (χ2v) is 8.81. The fraction of sp³-hybridized carbons (Fsp3) is 0.647. The zero-order valence-corrected chi connectivity index (χ0v) is 16.3. The van der Waals surface area contributed by atoms with Crippen LogP contribution in [0.15, 0.2) is 0 Å². The summed E-state index contributed by atoms with van der Waals surface area (Å²) < 4.78 is 82.7. The van der Waals surface area contributed by atoms with Gasteiger partial charge in [-0.05, 0) is 26.2 Å². The molecule has 1 rings (SSSR count). The Morgan fingerprint density at radius 1 is 0.692 bits per heavy atom. The maximum atomic E-state index is 13.6. The molecule has 0 aliphatic carbocycles. The smallest absolute Gasteiger partial charge is 0.377 e. The van der Waals surface area contributed by atoms with Gasteiger partial charge in [-0.2, -0.15) is 0 Å². The zero-order valence-electron chi connectivity index (χ0n) is 15.3. The monoisotopic (exact) mass is 400 g/mol. The van der Waals surface area contributed by atoms with E-state index >= 15 is 0 Å². The molecule has 1 aromatic carbocycles. The summed E-state index contributed by atoms with van der Waals surface area (Å²) in [5, 5.41) is 0. The molecule has 150 valence electrons. The van der Waals surface area contributed by atoms with Gasteiger partial charge in [0.25, 0.3) is 0 Å². The average molecular weight is 400 g/mol. The Bertz CT molecular complexity index is 553. The predicted octanol–water partition coefficient (Wildman–Crippen LogP) is 5.14. The summed E-state index contributed by atoms with van der Waals surface area (Å²) >= 11 is 0. The van der Waals surface area contributed by atoms with Crippen LogP contribution < -0.4 is 0 Å². The second-order valence-electron chi connectivity index (χ2n) is 5.84. The normalized spacial score (nSPS) is 12.0. The van der Waals surface area contributed by atoms with Crippen molar-refractivity contribution in [1.29, 1.82) is 0 Å². The third-order valence-corrected chi connectivity index (χ3v) is 7.14. The zero-order chi connectivity index (χ0) is 19.7. The van der Waals surface area contributed by atoms with Crippen LogP contribution in [0.3, 0.4) is 0 Å². The molecule has 0 spiro atoms. The van der Waals surface area contributed by atoms with E-state index in [4.69, 9.17) is 13.3 Å². The van der Waals surface area contributed by atoms with Crippen LogP contribution >= 0.6 is 0 Å². The minimum atomic E-state index is -2.62. The number of benzene rings is 1. The summed E-state index contributed by atoms with van der Waals surface area (Å²) in [4.78, 5) is 0. The molecule has 0 amide bonds. The second kappa shape index (κ2) is 11.0. The molecule has 0 bridgehead atoms. The van der Waals surface area contributed by atoms with Gasteiger partial charge in [0, 0.05) is 32.4 Å². The van der Waals surface area contributed by atoms with Gasteiger partial charge in [-0.15, -0.1) is 0 Å². The lowest BCUT2D eigenvalue weighted by Crippen LogP contribution is -2.43. The van der Waals surface area contributed by atoms with Crippen molar-refractivity contribution in [3.63, 3.8) is 0 Å². The first kappa shape index (κ1) is 23.0. The summed E-state index contributed by atoms with van der Waals surface area (Å²) in [6.45, 7) is 2.36. The Hall–Kier alpha value is -1.03. The highest BCUT2D eigenvalue weighted by molar-refractivity contribution is 6.60. The highest BCUT2D eigenvalue weighted by Gasteiger charge is 2.37. The summed E-state index contributed by atoms with van der Waals surface area (Å²) in [5.74, 6) is -9.39. The fourth-order valence-electron chi connectivity index (χ4n) is 2.74. The third kappa shape index (κ3) is 5.73. The van der Waals surface area contributed by atoms with E-state index in [0.717, 1.165) is 19.3 Å². The topological polar surface area (TPSA) is 27.7 Å². The van der Waals surface area contributed by atoms with Crippen LogP contribution in [0.5, 0.6) is 0 Å². The maximum absolute atomic E-state index is 13.6. The van der Waals surface area contributed by atoms with Crippen molar-refractivity contribution < 1.29 is 35.2 Å². The first-order chi connectivity index (χ1) is 12.3. The van der Waals surface area contributed by atoms with E-state index in [1.807, 2.05) is 6.92 Å². The largest absolute Gasteiger partial charge is 0.500 e. The van der Waals surface area contributed by atoms with Crippen LogP contribution in [0.4, 0.5) is 22.0 Å². The van der Waals surface area contributed by atoms with E-state index in [0.29, 0.717) is 25.5 Å². The van der Waals surface area contributed by atoms with Crippen molar-refractivity contribution in [2.75, 3.05) is 20.8 Å². The first-order valence-corrected chi connectivity index (χ1v) is 10.5. The van der Waals surface area contributed by atoms with Crippen LogP contribution in [-0.4, -0.2) is 29.6 Å². The molecular formula is C17H25F5O3Si. The Morgan fingerprint density at radius 2 is 1.15 bits per heavy atom. The van der Waals surface area contributed by atoms with Crippen molar-refractivity contribution in [3.05, 3.63) is 34.6 Å². The van der Waals surface area contributed by atoms with E-state index in [2.05, 4.69) is 0 Å². The van der Waals surface area contributed by atoms with E-state index in [1.165, 1.54) is 0 Å². The molecule has 0 N–H and O–H groups in total. The highest BCUT2D eigenvalue weighted by Crippen LogP contribution is 2.25. The standard InChI is InChI=1S/C17H25F5O3Si/c1-4-25-26(23-2,24-3)11-9-7-5-6-8-10-12-13(18)15(20)17(22)16(21)14(12)19/h4-11H2,1-3H3. The average Bonchev–Trinajstić information content (AvgIpc) is 2.65. The van der Waals surface area contributed by atoms with Crippen molar-refractivity contribution in [3.8, 4) is 0 Å². The van der Waals surface area contributed by atoms with Crippen LogP contribution in [0.1, 0.15) is 44.6 Å². The van der Waals surface area contributed by atoms with Gasteiger partial charge < -0.3 is 13.3 Å². The lowest BCUT2D eigenvalue weighted by Gasteiger charge is -2.25. The minimum absolute atomic E-state index is 0.195. The quantitative estimate of drug-likeness (QED) is 0.160. The van der Waals surface area contributed by atoms with E-state index < -0.39 is 43.5 Å². The van der Waals surface area contributed by atoms with Crippen molar-refractivity contribution in [2.24, 2.45) is 0 Å². The molecule has 0 atom stereocenters. The van der Waals surface area contributed by atoms with Gasteiger partial charge in [0.05, 0.1) is 0 Å². The number of hydrogen-bond acceptors (Lipinski definition) is 3. The van der Waals surface area contributed by atoms with Gasteiger partial charge in [-0.25, -0.2) is 22.0 Å². The van der Waals surface area contributed by atoms with Crippen LogP contribution in [-0.2, 0) is 19.7 Å². The Kier molecular flexibility index (Phi) is 9.70. The van der Waals surface area contributed by atoms with Gasteiger partial charge in [0.15, 0.2) is 23.3 Å². The molecule has 26 heavy (non-hydrogen) atoms. The van der Waals surface area contributed by atoms with Crippen LogP contribution in [0.25, 0.3) is 0 Å². The van der Waals surface area contributed by atoms with Crippen molar-refractivity contribution in [2.45, 2.75) is 51.5 Å². The molecule has 0 aliphatic heterocycles. The highest BCUT2D eigenvalue weighted by atomic mass is 28.4. The molecule has 1 aromatic rings. The summed E-state index contributed by atoms with van der Waals surface area (Å²) in [6, 6.07) is 0.658. The molecule has 0 aliphatic rings. The molecule has 0 unspecified atom stereocenters. The Balaban J connectivity index is 2.41. The third-order valence-electron chi connectivity index (χ3n) is 4.20. The van der Waals surface area contributed by atoms with E-state index in [-0.39, 0.29) is 6.42 Å². The Labute approximate surface area is 151 Å². The lowest BCUT2D eigenvalue weighted by atomic mass is 10.0. The van der Waals surface area contributed by atoms with Crippen molar-refractivity contribution >= 4 is 8.80 Å². The summed E-state index contributed by atoms with van der Waals surface area (Å²) in [7, 11) is 0.487. The Morgan fingerprint density at radius 3 is 1.65 bits per heavy atom. The van der Waals surface area contributed by atoms with Crippen LogP contribution in [0, 0.1) is 29.1 Å². The van der Waals surface area contributed by atoms with Crippen LogP contribution in [0.2, 0.25) is 6.04 Å². The minimum Gasteiger partial charge on any atom is -0.377 e. The van der Waals surface area contributed by atoms with Crippen molar-refractivity contribution in [1.82, 2.24) is 0 Å². The number of hydrogen-bond donors (Lipinski definition) is 0. The number of halogens is 5.